The van der Waals surface area contributed by atoms with Gasteiger partial charge in [0.2, 0.25) is 5.91 Å². The summed E-state index contributed by atoms with van der Waals surface area (Å²) in [5.41, 5.74) is 3.54. The number of hydrogen-bond acceptors (Lipinski definition) is 5. The number of anilines is 1. The van der Waals surface area contributed by atoms with Crippen LogP contribution in [0.25, 0.3) is 22.6 Å². The van der Waals surface area contributed by atoms with Gasteiger partial charge in [-0.2, -0.15) is 0 Å². The van der Waals surface area contributed by atoms with Gasteiger partial charge in [-0.05, 0) is 43.7 Å². The molecular formula is C25H30N4O2. The molecule has 162 valence electrons. The van der Waals surface area contributed by atoms with Crippen LogP contribution in [0, 0.1) is 0 Å². The number of carbonyl (C=O) groups is 1. The minimum atomic E-state index is -0.00858. The molecule has 0 radical (unpaired) electrons. The van der Waals surface area contributed by atoms with Gasteiger partial charge in [0.1, 0.15) is 5.69 Å². The lowest BCUT2D eigenvalue weighted by atomic mass is 10.0. The molecule has 0 saturated carbocycles. The van der Waals surface area contributed by atoms with Gasteiger partial charge in [0.25, 0.3) is 0 Å². The summed E-state index contributed by atoms with van der Waals surface area (Å²) in [6.07, 6.45) is 11.2. The molecule has 0 spiro atoms. The summed E-state index contributed by atoms with van der Waals surface area (Å²) in [6.45, 7) is 4.56. The minimum absolute atomic E-state index is 0.00858. The zero-order valence-corrected chi connectivity index (χ0v) is 18.3. The fourth-order valence-corrected chi connectivity index (χ4v) is 3.43. The Morgan fingerprint density at radius 1 is 0.871 bits per heavy atom. The van der Waals surface area contributed by atoms with Gasteiger partial charge in [-0.1, -0.05) is 38.7 Å². The van der Waals surface area contributed by atoms with Crippen LogP contribution in [0.15, 0.2) is 55.0 Å². The largest absolute Gasteiger partial charge is 0.489 e. The topological polar surface area (TPSA) is 77.0 Å². The first kappa shape index (κ1) is 22.4. The van der Waals surface area contributed by atoms with Crippen molar-refractivity contribution in [3.63, 3.8) is 0 Å². The quantitative estimate of drug-likeness (QED) is 0.392. The molecule has 1 amide bonds. The zero-order valence-electron chi connectivity index (χ0n) is 18.3. The first-order valence-electron chi connectivity index (χ1n) is 11.0. The lowest BCUT2D eigenvalue weighted by molar-refractivity contribution is -0.116. The second kappa shape index (κ2) is 11.8. The monoisotopic (exact) mass is 418 g/mol. The van der Waals surface area contributed by atoms with E-state index in [4.69, 9.17) is 4.74 Å². The molecule has 0 aliphatic heterocycles. The van der Waals surface area contributed by atoms with Crippen molar-refractivity contribution in [2.45, 2.75) is 52.4 Å². The number of unbranched alkanes of at least 4 members (excludes halogenated alkanes) is 4. The molecule has 6 heteroatoms. The molecule has 3 aromatic rings. The second-order valence-electron chi connectivity index (χ2n) is 7.30. The Bertz CT molecular complexity index is 976. The highest BCUT2D eigenvalue weighted by atomic mass is 16.5. The van der Waals surface area contributed by atoms with Crippen molar-refractivity contribution in [3.8, 4) is 28.4 Å². The molecule has 3 aromatic heterocycles. The van der Waals surface area contributed by atoms with Crippen LogP contribution in [0.1, 0.15) is 52.4 Å². The Morgan fingerprint density at radius 3 is 2.45 bits per heavy atom. The van der Waals surface area contributed by atoms with Crippen LogP contribution in [0.5, 0.6) is 5.75 Å². The fraction of sp³-hybridized carbons (Fsp3) is 0.360. The molecule has 1 N–H and O–H groups in total. The van der Waals surface area contributed by atoms with E-state index in [1.54, 1.807) is 24.7 Å². The van der Waals surface area contributed by atoms with Crippen LogP contribution in [0.3, 0.4) is 0 Å². The average Bonchev–Trinajstić information content (AvgIpc) is 2.81. The summed E-state index contributed by atoms with van der Waals surface area (Å²) in [5.74, 6) is 0.542. The van der Waals surface area contributed by atoms with E-state index in [9.17, 15) is 4.79 Å². The van der Waals surface area contributed by atoms with Crippen molar-refractivity contribution in [3.05, 3.63) is 55.0 Å². The van der Waals surface area contributed by atoms with Crippen molar-refractivity contribution >= 4 is 11.6 Å². The molecular weight excluding hydrogens is 388 g/mol. The number of ether oxygens (including phenoxy) is 1. The van der Waals surface area contributed by atoms with Crippen LogP contribution >= 0.6 is 0 Å². The van der Waals surface area contributed by atoms with Gasteiger partial charge < -0.3 is 10.1 Å². The third-order valence-electron chi connectivity index (χ3n) is 4.95. The first-order chi connectivity index (χ1) is 15.2. The Labute approximate surface area is 184 Å². The average molecular weight is 419 g/mol. The van der Waals surface area contributed by atoms with Crippen LogP contribution in [-0.4, -0.2) is 27.5 Å². The third-order valence-corrected chi connectivity index (χ3v) is 4.95. The summed E-state index contributed by atoms with van der Waals surface area (Å²) in [4.78, 5) is 26.1. The number of aromatic nitrogens is 3. The Balaban J connectivity index is 1.87. The number of carbonyl (C=O) groups excluding carboxylic acids is 1. The normalized spacial score (nSPS) is 10.6. The minimum Gasteiger partial charge on any atom is -0.489 e. The molecule has 0 bridgehead atoms. The van der Waals surface area contributed by atoms with Crippen LogP contribution in [0.4, 0.5) is 5.69 Å². The van der Waals surface area contributed by atoms with E-state index in [1.807, 2.05) is 37.3 Å². The van der Waals surface area contributed by atoms with Gasteiger partial charge in [-0.3, -0.25) is 19.7 Å². The lowest BCUT2D eigenvalue weighted by Gasteiger charge is -2.16. The molecule has 0 unspecified atom stereocenters. The molecule has 3 heterocycles. The van der Waals surface area contributed by atoms with Crippen molar-refractivity contribution in [2.24, 2.45) is 0 Å². The van der Waals surface area contributed by atoms with Gasteiger partial charge in [-0.25, -0.2) is 0 Å². The SMILES string of the molecule is CCCCCCCC(=O)Nc1ccnc(-c2cccnc2-c2ccccn2)c1OCC. The predicted octanol–water partition coefficient (Wildman–Crippen LogP) is 5.90. The second-order valence-corrected chi connectivity index (χ2v) is 7.30. The lowest BCUT2D eigenvalue weighted by Crippen LogP contribution is -2.13. The van der Waals surface area contributed by atoms with E-state index < -0.39 is 0 Å². The van der Waals surface area contributed by atoms with Gasteiger partial charge in [0.15, 0.2) is 5.75 Å². The molecule has 31 heavy (non-hydrogen) atoms. The molecule has 0 fully saturated rings. The molecule has 0 saturated heterocycles. The van der Waals surface area contributed by atoms with E-state index in [0.717, 1.165) is 29.8 Å². The summed E-state index contributed by atoms with van der Waals surface area (Å²) >= 11 is 0. The molecule has 0 atom stereocenters. The highest BCUT2D eigenvalue weighted by molar-refractivity contribution is 5.94. The number of hydrogen-bond donors (Lipinski definition) is 1. The van der Waals surface area contributed by atoms with Gasteiger partial charge in [0, 0.05) is 30.6 Å². The first-order valence-corrected chi connectivity index (χ1v) is 11.0. The van der Waals surface area contributed by atoms with Crippen molar-refractivity contribution < 1.29 is 9.53 Å². The van der Waals surface area contributed by atoms with E-state index in [0.29, 0.717) is 30.2 Å². The van der Waals surface area contributed by atoms with Gasteiger partial charge >= 0.3 is 0 Å². The van der Waals surface area contributed by atoms with Crippen molar-refractivity contribution in [2.75, 3.05) is 11.9 Å². The molecule has 6 nitrogen and oxygen atoms in total. The summed E-state index contributed by atoms with van der Waals surface area (Å²) in [5, 5.41) is 3.02. The fourth-order valence-electron chi connectivity index (χ4n) is 3.43. The number of nitrogens with zero attached hydrogens (tertiary/aromatic N) is 3. The summed E-state index contributed by atoms with van der Waals surface area (Å²) in [7, 11) is 0. The summed E-state index contributed by atoms with van der Waals surface area (Å²) < 4.78 is 5.95. The van der Waals surface area contributed by atoms with Crippen LogP contribution < -0.4 is 10.1 Å². The Hall–Kier alpha value is -3.28. The third kappa shape index (κ3) is 6.10. The van der Waals surface area contributed by atoms with Gasteiger partial charge in [-0.15, -0.1) is 0 Å². The predicted molar refractivity (Wildman–Crippen MR) is 124 cm³/mol. The maximum absolute atomic E-state index is 12.5. The van der Waals surface area contributed by atoms with Crippen LogP contribution in [-0.2, 0) is 4.79 Å². The van der Waals surface area contributed by atoms with Crippen molar-refractivity contribution in [1.82, 2.24) is 15.0 Å². The standard InChI is InChI=1S/C25H30N4O2/c1-3-5-6-7-8-14-22(30)29-21-15-18-28-24(25(21)31-4-2)19-12-11-17-27-23(19)20-13-9-10-16-26-20/h9-13,15-18H,3-8,14H2,1-2H3,(H,28,29,30). The Morgan fingerprint density at radius 2 is 1.68 bits per heavy atom. The van der Waals surface area contributed by atoms with Crippen LogP contribution in [0.2, 0.25) is 0 Å². The highest BCUT2D eigenvalue weighted by Gasteiger charge is 2.19. The zero-order chi connectivity index (χ0) is 21.9. The Kier molecular flexibility index (Phi) is 8.52. The number of amides is 1. The molecule has 0 aromatic carbocycles. The molecule has 0 aliphatic carbocycles. The smallest absolute Gasteiger partial charge is 0.224 e. The van der Waals surface area contributed by atoms with E-state index >= 15 is 0 Å². The van der Waals surface area contributed by atoms with Crippen molar-refractivity contribution in [1.29, 1.82) is 0 Å². The molecule has 0 aliphatic rings. The van der Waals surface area contributed by atoms with E-state index in [1.165, 1.54) is 19.3 Å². The van der Waals surface area contributed by atoms with E-state index in [-0.39, 0.29) is 5.91 Å². The molecule has 3 rings (SSSR count). The maximum Gasteiger partial charge on any atom is 0.224 e. The summed E-state index contributed by atoms with van der Waals surface area (Å²) in [6, 6.07) is 11.3. The van der Waals surface area contributed by atoms with Gasteiger partial charge in [0.05, 0.1) is 23.7 Å². The number of pyridine rings is 3. The highest BCUT2D eigenvalue weighted by Crippen LogP contribution is 2.38. The number of rotatable bonds is 11. The number of nitrogens with one attached hydrogen (secondary N) is 1. The maximum atomic E-state index is 12.5. The van der Waals surface area contributed by atoms with E-state index in [2.05, 4.69) is 27.2 Å².